The van der Waals surface area contributed by atoms with Crippen LogP contribution in [0.25, 0.3) is 0 Å². The van der Waals surface area contributed by atoms with Gasteiger partial charge in [-0.1, -0.05) is 6.08 Å². The molecule has 0 aliphatic carbocycles. The molecule has 0 aromatic carbocycles. The van der Waals surface area contributed by atoms with Crippen molar-refractivity contribution in [2.75, 3.05) is 5.75 Å². The van der Waals surface area contributed by atoms with E-state index in [9.17, 15) is 21.6 Å². The Hall–Kier alpha value is -1.72. The van der Waals surface area contributed by atoms with Crippen molar-refractivity contribution < 1.29 is 26.7 Å². The minimum Gasteiger partial charge on any atom is -0.481 e. The maximum Gasteiger partial charge on any atom is 0.305 e. The number of carboxylic acid groups (broad SMARTS) is 1. The number of nitrogens with one attached hydrogen (secondary N) is 1. The number of aryl methyl sites for hydroxylation is 1. The second-order valence-corrected chi connectivity index (χ2v) is 8.11. The van der Waals surface area contributed by atoms with Gasteiger partial charge in [-0.25, -0.2) is 21.6 Å². The van der Waals surface area contributed by atoms with Crippen LogP contribution in [-0.4, -0.2) is 49.5 Å². The predicted octanol–water partition coefficient (Wildman–Crippen LogP) is -1.05. The van der Waals surface area contributed by atoms with Crippen molar-refractivity contribution in [2.45, 2.75) is 23.9 Å². The maximum absolute atomic E-state index is 12.0. The summed E-state index contributed by atoms with van der Waals surface area (Å²) in [5.74, 6) is -1.34. The van der Waals surface area contributed by atoms with Crippen molar-refractivity contribution >= 4 is 25.8 Å². The number of nitrogens with zero attached hydrogens (tertiary/aromatic N) is 2. The van der Waals surface area contributed by atoms with Gasteiger partial charge >= 0.3 is 5.97 Å². The Balaban J connectivity index is 2.06. The molecule has 2 heterocycles. The molecule has 0 bridgehead atoms. The van der Waals surface area contributed by atoms with Gasteiger partial charge in [0.25, 0.3) is 0 Å². The van der Waals surface area contributed by atoms with Gasteiger partial charge in [-0.2, -0.15) is 5.10 Å². The quantitative estimate of drug-likeness (QED) is 0.677. The molecule has 0 saturated carbocycles. The molecule has 9 nitrogen and oxygen atoms in total. The molecule has 21 heavy (non-hydrogen) atoms. The van der Waals surface area contributed by atoms with E-state index in [-0.39, 0.29) is 23.6 Å². The van der Waals surface area contributed by atoms with Crippen LogP contribution < -0.4 is 4.72 Å². The van der Waals surface area contributed by atoms with E-state index in [1.54, 1.807) is 0 Å². The average molecular weight is 335 g/mol. The van der Waals surface area contributed by atoms with Gasteiger partial charge in [0.05, 0.1) is 31.0 Å². The van der Waals surface area contributed by atoms with E-state index in [2.05, 4.69) is 9.82 Å². The Kier molecular flexibility index (Phi) is 4.16. The number of sulfonamides is 1. The second kappa shape index (κ2) is 5.58. The van der Waals surface area contributed by atoms with Crippen LogP contribution in [0.2, 0.25) is 0 Å². The van der Waals surface area contributed by atoms with Crippen LogP contribution in [0.3, 0.4) is 0 Å². The van der Waals surface area contributed by atoms with Gasteiger partial charge < -0.3 is 5.11 Å². The summed E-state index contributed by atoms with van der Waals surface area (Å²) < 4.78 is 50.0. The highest BCUT2D eigenvalue weighted by Crippen LogP contribution is 2.13. The van der Waals surface area contributed by atoms with E-state index in [1.165, 1.54) is 17.0 Å². The highest BCUT2D eigenvalue weighted by atomic mass is 32.2. The lowest BCUT2D eigenvalue weighted by Gasteiger charge is -2.08. The Morgan fingerprint density at radius 2 is 2.24 bits per heavy atom. The zero-order valence-corrected chi connectivity index (χ0v) is 12.3. The Labute approximate surface area is 121 Å². The van der Waals surface area contributed by atoms with Crippen LogP contribution in [0.5, 0.6) is 0 Å². The van der Waals surface area contributed by atoms with Crippen LogP contribution in [-0.2, 0) is 31.2 Å². The van der Waals surface area contributed by atoms with Gasteiger partial charge in [-0.3, -0.25) is 9.48 Å². The normalized spacial score (nSPS) is 20.7. The summed E-state index contributed by atoms with van der Waals surface area (Å²) in [7, 11) is -7.26. The highest BCUT2D eigenvalue weighted by molar-refractivity contribution is 7.94. The van der Waals surface area contributed by atoms with E-state index in [0.717, 1.165) is 11.6 Å². The van der Waals surface area contributed by atoms with Crippen LogP contribution in [0.15, 0.2) is 28.8 Å². The van der Waals surface area contributed by atoms with Crippen molar-refractivity contribution in [3.8, 4) is 0 Å². The Morgan fingerprint density at radius 3 is 2.81 bits per heavy atom. The third kappa shape index (κ3) is 4.12. The average Bonchev–Trinajstić information content (AvgIpc) is 2.93. The van der Waals surface area contributed by atoms with Gasteiger partial charge in [0, 0.05) is 11.6 Å². The number of carboxylic acids is 1. The molecule has 2 rings (SSSR count). The lowest BCUT2D eigenvalue weighted by Crippen LogP contribution is -2.35. The van der Waals surface area contributed by atoms with Crippen LogP contribution in [0.1, 0.15) is 6.42 Å². The lowest BCUT2D eigenvalue weighted by molar-refractivity contribution is -0.137. The summed E-state index contributed by atoms with van der Waals surface area (Å²) >= 11 is 0. The molecule has 116 valence electrons. The molecule has 1 unspecified atom stereocenters. The maximum atomic E-state index is 12.0. The fraction of sp³-hybridized carbons (Fsp3) is 0.400. The smallest absolute Gasteiger partial charge is 0.305 e. The number of hydrogen-bond acceptors (Lipinski definition) is 6. The summed E-state index contributed by atoms with van der Waals surface area (Å²) in [5, 5.41) is 13.3. The molecule has 1 aliphatic rings. The van der Waals surface area contributed by atoms with Gasteiger partial charge in [0.15, 0.2) is 9.84 Å². The molecular weight excluding hydrogens is 322 g/mol. The highest BCUT2D eigenvalue weighted by Gasteiger charge is 2.27. The van der Waals surface area contributed by atoms with Crippen molar-refractivity contribution in [3.63, 3.8) is 0 Å². The molecule has 0 saturated heterocycles. The van der Waals surface area contributed by atoms with E-state index >= 15 is 0 Å². The molecule has 0 radical (unpaired) electrons. The Bertz CT molecular complexity index is 777. The third-order valence-corrected chi connectivity index (χ3v) is 5.55. The van der Waals surface area contributed by atoms with E-state index < -0.39 is 31.9 Å². The van der Waals surface area contributed by atoms with Crippen molar-refractivity contribution in [3.05, 3.63) is 23.9 Å². The number of rotatable bonds is 6. The zero-order chi connectivity index (χ0) is 15.7. The number of aromatic nitrogens is 2. The first-order valence-corrected chi connectivity index (χ1v) is 9.05. The van der Waals surface area contributed by atoms with E-state index in [0.29, 0.717) is 0 Å². The largest absolute Gasteiger partial charge is 0.481 e. The topological polar surface area (TPSA) is 135 Å². The van der Waals surface area contributed by atoms with Crippen LogP contribution in [0.4, 0.5) is 0 Å². The molecule has 0 fully saturated rings. The van der Waals surface area contributed by atoms with Crippen molar-refractivity contribution in [1.82, 2.24) is 14.5 Å². The molecular formula is C10H13N3O6S2. The summed E-state index contributed by atoms with van der Waals surface area (Å²) in [6.45, 7) is 0.0442. The van der Waals surface area contributed by atoms with Crippen molar-refractivity contribution in [2.24, 2.45) is 0 Å². The predicted molar refractivity (Wildman–Crippen MR) is 71.5 cm³/mol. The number of carbonyl (C=O) groups is 1. The number of aliphatic carboxylic acids is 1. The summed E-state index contributed by atoms with van der Waals surface area (Å²) in [4.78, 5) is 10.3. The van der Waals surface area contributed by atoms with Gasteiger partial charge in [-0.05, 0) is 0 Å². The molecule has 0 amide bonds. The van der Waals surface area contributed by atoms with E-state index in [4.69, 9.17) is 5.11 Å². The Morgan fingerprint density at radius 1 is 1.52 bits per heavy atom. The zero-order valence-electron chi connectivity index (χ0n) is 10.7. The van der Waals surface area contributed by atoms with Gasteiger partial charge in [0.2, 0.25) is 10.0 Å². The molecule has 11 heteroatoms. The van der Waals surface area contributed by atoms with Crippen molar-refractivity contribution in [1.29, 1.82) is 0 Å². The lowest BCUT2D eigenvalue weighted by atomic mass is 10.4. The first-order valence-electron chi connectivity index (χ1n) is 5.85. The minimum absolute atomic E-state index is 0.0442. The second-order valence-electron chi connectivity index (χ2n) is 4.47. The molecule has 1 aromatic rings. The van der Waals surface area contributed by atoms with E-state index in [1.807, 2.05) is 0 Å². The fourth-order valence-corrected chi connectivity index (χ4v) is 4.22. The third-order valence-electron chi connectivity index (χ3n) is 2.71. The summed E-state index contributed by atoms with van der Waals surface area (Å²) in [6.07, 6.45) is 3.36. The SMILES string of the molecule is O=C(O)CCn1cc(S(=O)(=O)NC2C=CS(=O)(=O)C2)cn1. The fourth-order valence-electron chi connectivity index (χ4n) is 1.73. The number of sulfone groups is 1. The van der Waals surface area contributed by atoms with Gasteiger partial charge in [0.1, 0.15) is 4.90 Å². The summed E-state index contributed by atoms with van der Waals surface area (Å²) in [6, 6.07) is -0.817. The van der Waals surface area contributed by atoms with Gasteiger partial charge in [-0.15, -0.1) is 0 Å². The summed E-state index contributed by atoms with van der Waals surface area (Å²) in [5.41, 5.74) is 0. The molecule has 1 aliphatic heterocycles. The molecule has 2 N–H and O–H groups in total. The standard InChI is InChI=1S/C10H13N3O6S2/c14-10(15)1-3-13-6-9(5-11-13)21(18,19)12-8-2-4-20(16,17)7-8/h2,4-6,8,12H,1,3,7H2,(H,14,15). The first-order chi connectivity index (χ1) is 9.68. The molecule has 1 aromatic heterocycles. The molecule has 1 atom stereocenters. The van der Waals surface area contributed by atoms with Crippen LogP contribution in [0, 0.1) is 0 Å². The first kappa shape index (κ1) is 15.7. The van der Waals surface area contributed by atoms with Crippen LogP contribution >= 0.6 is 0 Å². The molecule has 0 spiro atoms. The monoisotopic (exact) mass is 335 g/mol. The number of hydrogen-bond donors (Lipinski definition) is 2. The minimum atomic E-state index is -3.91.